The van der Waals surface area contributed by atoms with Crippen molar-refractivity contribution in [3.63, 3.8) is 0 Å². The summed E-state index contributed by atoms with van der Waals surface area (Å²) in [4.78, 5) is 34.3. The first-order valence-electron chi connectivity index (χ1n) is 9.08. The minimum Gasteiger partial charge on any atom is -0.477 e. The summed E-state index contributed by atoms with van der Waals surface area (Å²) < 4.78 is 10.5. The minimum absolute atomic E-state index is 0.0143. The largest absolute Gasteiger partial charge is 0.477 e. The van der Waals surface area contributed by atoms with Gasteiger partial charge in [-0.3, -0.25) is 14.9 Å². The Labute approximate surface area is 177 Å². The molecule has 0 aromatic heterocycles. The third kappa shape index (κ3) is 6.23. The van der Waals surface area contributed by atoms with Crippen molar-refractivity contribution in [1.29, 1.82) is 0 Å². The molecule has 1 amide bonds. The number of nitrogens with zero attached hydrogens (tertiary/aromatic N) is 2. The van der Waals surface area contributed by atoms with Gasteiger partial charge in [-0.2, -0.15) is 5.10 Å². The summed E-state index contributed by atoms with van der Waals surface area (Å²) >= 11 is 0. The van der Waals surface area contributed by atoms with Crippen LogP contribution in [0.15, 0.2) is 84.0 Å². The molecule has 0 heterocycles. The fourth-order valence-corrected chi connectivity index (χ4v) is 2.48. The second-order valence-electron chi connectivity index (χ2n) is 6.13. The standard InChI is InChI=1S/C22H17N3O6/c26-21(15-30-20-12-5-4-11-19(20)25(28)29)24-23-14-16-7-6-10-18(13-16)31-22(27)17-8-2-1-3-9-17/h1-14H,15H2,(H,24,26)/b23-14-. The molecule has 0 aliphatic heterocycles. The van der Waals surface area contributed by atoms with E-state index >= 15 is 0 Å². The summed E-state index contributed by atoms with van der Waals surface area (Å²) in [5, 5.41) is 14.8. The number of ether oxygens (including phenoxy) is 2. The number of hydrazone groups is 1. The number of nitrogens with one attached hydrogen (secondary N) is 1. The van der Waals surface area contributed by atoms with Crippen LogP contribution in [0.5, 0.6) is 11.5 Å². The Balaban J connectivity index is 1.53. The summed E-state index contributed by atoms with van der Waals surface area (Å²) in [7, 11) is 0. The third-order valence-corrected chi connectivity index (χ3v) is 3.90. The van der Waals surface area contributed by atoms with E-state index in [2.05, 4.69) is 10.5 Å². The Hall–Kier alpha value is -4.53. The second kappa shape index (κ2) is 10.3. The molecular weight excluding hydrogens is 402 g/mol. The van der Waals surface area contributed by atoms with E-state index in [4.69, 9.17) is 9.47 Å². The summed E-state index contributed by atoms with van der Waals surface area (Å²) in [6, 6.07) is 20.9. The molecule has 0 radical (unpaired) electrons. The lowest BCUT2D eigenvalue weighted by atomic mass is 10.2. The van der Waals surface area contributed by atoms with Gasteiger partial charge in [0.2, 0.25) is 0 Å². The van der Waals surface area contributed by atoms with Gasteiger partial charge in [-0.25, -0.2) is 10.2 Å². The molecule has 9 heteroatoms. The first-order chi connectivity index (χ1) is 15.0. The number of benzene rings is 3. The van der Waals surface area contributed by atoms with Gasteiger partial charge in [0, 0.05) is 6.07 Å². The summed E-state index contributed by atoms with van der Waals surface area (Å²) in [5.41, 5.74) is 3.03. The number of rotatable bonds is 8. The average Bonchev–Trinajstić information content (AvgIpc) is 2.78. The van der Waals surface area contributed by atoms with E-state index in [1.165, 1.54) is 24.4 Å². The molecule has 0 saturated heterocycles. The molecule has 3 rings (SSSR count). The second-order valence-corrected chi connectivity index (χ2v) is 6.13. The molecule has 1 N–H and O–H groups in total. The lowest BCUT2D eigenvalue weighted by Crippen LogP contribution is -2.24. The maximum Gasteiger partial charge on any atom is 0.343 e. The van der Waals surface area contributed by atoms with Crippen molar-refractivity contribution in [3.05, 3.63) is 100 Å². The monoisotopic (exact) mass is 419 g/mol. The van der Waals surface area contributed by atoms with Crippen LogP contribution in [-0.2, 0) is 4.79 Å². The number of hydrogen-bond acceptors (Lipinski definition) is 7. The van der Waals surface area contributed by atoms with Gasteiger partial charge >= 0.3 is 11.7 Å². The van der Waals surface area contributed by atoms with Crippen molar-refractivity contribution < 1.29 is 24.0 Å². The lowest BCUT2D eigenvalue weighted by Gasteiger charge is -2.06. The minimum atomic E-state index is -0.596. The first-order valence-corrected chi connectivity index (χ1v) is 9.08. The molecule has 0 saturated carbocycles. The van der Waals surface area contributed by atoms with E-state index in [1.54, 1.807) is 60.7 Å². The van der Waals surface area contributed by atoms with Gasteiger partial charge in [0.05, 0.1) is 16.7 Å². The van der Waals surface area contributed by atoms with Gasteiger partial charge < -0.3 is 9.47 Å². The number of hydrogen-bond donors (Lipinski definition) is 1. The highest BCUT2D eigenvalue weighted by molar-refractivity contribution is 5.91. The topological polar surface area (TPSA) is 120 Å². The Morgan fingerprint density at radius 3 is 2.52 bits per heavy atom. The molecule has 0 fully saturated rings. The average molecular weight is 419 g/mol. The molecular formula is C22H17N3O6. The SMILES string of the molecule is O=C(COc1ccccc1[N+](=O)[O-])N/N=C\c1cccc(OC(=O)c2ccccc2)c1. The summed E-state index contributed by atoms with van der Waals surface area (Å²) in [5.74, 6) is -0.778. The van der Waals surface area contributed by atoms with Crippen molar-refractivity contribution in [2.24, 2.45) is 5.10 Å². The molecule has 0 unspecified atom stereocenters. The fourth-order valence-electron chi connectivity index (χ4n) is 2.48. The van der Waals surface area contributed by atoms with E-state index in [0.717, 1.165) is 0 Å². The molecule has 156 valence electrons. The number of carbonyl (C=O) groups is 2. The van der Waals surface area contributed by atoms with E-state index < -0.39 is 23.4 Å². The zero-order chi connectivity index (χ0) is 22.1. The van der Waals surface area contributed by atoms with E-state index in [-0.39, 0.29) is 11.4 Å². The smallest absolute Gasteiger partial charge is 0.343 e. The molecule has 0 aliphatic rings. The van der Waals surface area contributed by atoms with Gasteiger partial charge in [0.1, 0.15) is 5.75 Å². The van der Waals surface area contributed by atoms with Crippen molar-refractivity contribution in [2.75, 3.05) is 6.61 Å². The quantitative estimate of drug-likeness (QED) is 0.197. The Morgan fingerprint density at radius 2 is 1.74 bits per heavy atom. The predicted octanol–water partition coefficient (Wildman–Crippen LogP) is 3.34. The van der Waals surface area contributed by atoms with Gasteiger partial charge in [-0.05, 0) is 35.9 Å². The highest BCUT2D eigenvalue weighted by atomic mass is 16.6. The summed E-state index contributed by atoms with van der Waals surface area (Å²) in [6.45, 7) is -0.447. The van der Waals surface area contributed by atoms with Gasteiger partial charge in [-0.15, -0.1) is 0 Å². The van der Waals surface area contributed by atoms with Gasteiger partial charge in [0.25, 0.3) is 5.91 Å². The Bertz CT molecular complexity index is 1110. The van der Waals surface area contributed by atoms with Crippen LogP contribution < -0.4 is 14.9 Å². The zero-order valence-electron chi connectivity index (χ0n) is 16.1. The molecule has 3 aromatic carbocycles. The number of esters is 1. The van der Waals surface area contributed by atoms with Crippen LogP contribution in [0.25, 0.3) is 0 Å². The van der Waals surface area contributed by atoms with Crippen molar-refractivity contribution in [1.82, 2.24) is 5.43 Å². The molecule has 0 bridgehead atoms. The number of carbonyl (C=O) groups excluding carboxylic acids is 2. The number of para-hydroxylation sites is 2. The van der Waals surface area contributed by atoms with Crippen LogP contribution >= 0.6 is 0 Å². The van der Waals surface area contributed by atoms with Crippen LogP contribution in [0.2, 0.25) is 0 Å². The first kappa shape index (κ1) is 21.2. The fraction of sp³-hybridized carbons (Fsp3) is 0.0455. The number of amides is 1. The maximum absolute atomic E-state index is 12.1. The van der Waals surface area contributed by atoms with Crippen molar-refractivity contribution >= 4 is 23.8 Å². The van der Waals surface area contributed by atoms with E-state index in [0.29, 0.717) is 16.9 Å². The maximum atomic E-state index is 12.1. The Kier molecular flexibility index (Phi) is 7.04. The predicted molar refractivity (Wildman–Crippen MR) is 112 cm³/mol. The third-order valence-electron chi connectivity index (χ3n) is 3.90. The van der Waals surface area contributed by atoms with Crippen LogP contribution in [-0.4, -0.2) is 29.6 Å². The summed E-state index contributed by atoms with van der Waals surface area (Å²) in [6.07, 6.45) is 1.36. The van der Waals surface area contributed by atoms with Crippen LogP contribution in [0.4, 0.5) is 5.69 Å². The molecule has 0 atom stereocenters. The highest BCUT2D eigenvalue weighted by Gasteiger charge is 2.14. The highest BCUT2D eigenvalue weighted by Crippen LogP contribution is 2.25. The van der Waals surface area contributed by atoms with Gasteiger partial charge in [0.15, 0.2) is 12.4 Å². The van der Waals surface area contributed by atoms with E-state index in [1.807, 2.05) is 0 Å². The van der Waals surface area contributed by atoms with Crippen molar-refractivity contribution in [2.45, 2.75) is 0 Å². The molecule has 3 aromatic rings. The lowest BCUT2D eigenvalue weighted by molar-refractivity contribution is -0.385. The normalized spacial score (nSPS) is 10.5. The van der Waals surface area contributed by atoms with Crippen LogP contribution in [0.3, 0.4) is 0 Å². The molecule has 9 nitrogen and oxygen atoms in total. The van der Waals surface area contributed by atoms with Crippen LogP contribution in [0, 0.1) is 10.1 Å². The number of nitro groups is 1. The molecule has 0 spiro atoms. The number of nitro benzene ring substituents is 1. The zero-order valence-corrected chi connectivity index (χ0v) is 16.1. The van der Waals surface area contributed by atoms with E-state index in [9.17, 15) is 19.7 Å². The van der Waals surface area contributed by atoms with Gasteiger partial charge in [-0.1, -0.05) is 42.5 Å². The molecule has 0 aliphatic carbocycles. The van der Waals surface area contributed by atoms with Crippen LogP contribution in [0.1, 0.15) is 15.9 Å². The molecule has 31 heavy (non-hydrogen) atoms. The van der Waals surface area contributed by atoms with Crippen molar-refractivity contribution in [3.8, 4) is 11.5 Å². The Morgan fingerprint density at radius 1 is 1.00 bits per heavy atom.